The molecule has 1 rings (SSSR count). The van der Waals surface area contributed by atoms with E-state index in [1.807, 2.05) is 45.9 Å². The first-order chi connectivity index (χ1) is 28.1. The molecule has 4 amide bonds. The lowest BCUT2D eigenvalue weighted by Crippen LogP contribution is -2.51. The third-order valence-electron chi connectivity index (χ3n) is 10.2. The molecule has 11 heteroatoms. The molecule has 59 heavy (non-hydrogen) atoms. The van der Waals surface area contributed by atoms with E-state index in [4.69, 9.17) is 0 Å². The monoisotopic (exact) mass is 829 g/mol. The molecule has 1 aromatic rings. The van der Waals surface area contributed by atoms with Crippen LogP contribution in [0.4, 0.5) is 0 Å². The summed E-state index contributed by atoms with van der Waals surface area (Å²) in [6.07, 6.45) is 14.6. The molecule has 0 aromatic heterocycles. The average Bonchev–Trinajstić information content (AvgIpc) is 3.21. The van der Waals surface area contributed by atoms with Gasteiger partial charge >= 0.3 is 0 Å². The lowest BCUT2D eigenvalue weighted by Gasteiger charge is -2.26. The van der Waals surface area contributed by atoms with E-state index in [9.17, 15) is 33.6 Å². The summed E-state index contributed by atoms with van der Waals surface area (Å²) in [5.41, 5.74) is 1.22. The normalized spacial score (nSPS) is 12.6. The molecule has 0 aliphatic carbocycles. The quantitative estimate of drug-likeness (QED) is 0.0382. The number of nitrogens with one attached hydrogen (secondary N) is 3. The molecule has 0 aliphatic rings. The highest BCUT2D eigenvalue weighted by Gasteiger charge is 2.29. The van der Waals surface area contributed by atoms with Crippen LogP contribution in [0.15, 0.2) is 30.3 Å². The molecule has 1 aromatic carbocycles. The van der Waals surface area contributed by atoms with E-state index in [-0.39, 0.29) is 42.5 Å². The van der Waals surface area contributed by atoms with Gasteiger partial charge in [0.2, 0.25) is 35.7 Å². The fourth-order valence-corrected chi connectivity index (χ4v) is 5.95. The Bertz CT molecular complexity index is 1300. The zero-order valence-corrected chi connectivity index (χ0v) is 38.8. The van der Waals surface area contributed by atoms with Gasteiger partial charge in [0, 0.05) is 38.3 Å². The van der Waals surface area contributed by atoms with Crippen molar-refractivity contribution in [2.24, 2.45) is 5.92 Å². The minimum atomic E-state index is -0.829. The molecule has 0 spiro atoms. The van der Waals surface area contributed by atoms with E-state index < -0.39 is 23.7 Å². The number of hydrogen-bond donors (Lipinski definition) is 3. The Balaban J connectivity index is 0. The van der Waals surface area contributed by atoms with Crippen molar-refractivity contribution in [3.63, 3.8) is 0 Å². The minimum absolute atomic E-state index is 0.0185. The van der Waals surface area contributed by atoms with Gasteiger partial charge in [-0.1, -0.05) is 131 Å². The molecule has 0 aliphatic heterocycles. The summed E-state index contributed by atoms with van der Waals surface area (Å²) in [4.78, 5) is 86.1. The van der Waals surface area contributed by atoms with E-state index in [0.29, 0.717) is 63.3 Å². The van der Waals surface area contributed by atoms with E-state index in [1.54, 1.807) is 6.92 Å². The van der Waals surface area contributed by atoms with Gasteiger partial charge in [-0.05, 0) is 76.2 Å². The molecule has 4 unspecified atom stereocenters. The Kier molecular flexibility index (Phi) is 36.0. The van der Waals surface area contributed by atoms with Crippen LogP contribution >= 0.6 is 0 Å². The van der Waals surface area contributed by atoms with Crippen LogP contribution in [0.1, 0.15) is 196 Å². The third kappa shape index (κ3) is 29.9. The fourth-order valence-electron chi connectivity index (χ4n) is 5.95. The number of amides is 4. The van der Waals surface area contributed by atoms with Crippen LogP contribution in [0.3, 0.4) is 0 Å². The van der Waals surface area contributed by atoms with Gasteiger partial charge in [0.1, 0.15) is 11.8 Å². The Morgan fingerprint density at radius 2 is 1.25 bits per heavy atom. The van der Waals surface area contributed by atoms with Gasteiger partial charge in [-0.25, -0.2) is 0 Å². The van der Waals surface area contributed by atoms with Crippen molar-refractivity contribution >= 4 is 41.5 Å². The predicted molar refractivity (Wildman–Crippen MR) is 241 cm³/mol. The van der Waals surface area contributed by atoms with E-state index in [2.05, 4.69) is 62.7 Å². The van der Waals surface area contributed by atoms with Crippen LogP contribution in [0, 0.1) is 5.92 Å². The Hall–Kier alpha value is -3.89. The fraction of sp³-hybridized carbons (Fsp3) is 0.729. The molecule has 0 radical (unpaired) electrons. The number of hydrogen-bond acceptors (Lipinski definition) is 7. The van der Waals surface area contributed by atoms with E-state index in [0.717, 1.165) is 64.2 Å². The topological polar surface area (TPSA) is 159 Å². The lowest BCUT2D eigenvalue weighted by atomic mass is 9.93. The Labute approximate surface area is 358 Å². The molecule has 3 N–H and O–H groups in total. The summed E-state index contributed by atoms with van der Waals surface area (Å²) < 4.78 is 0. The molecule has 0 saturated heterocycles. The van der Waals surface area contributed by atoms with Gasteiger partial charge in [0.25, 0.3) is 0 Å². The van der Waals surface area contributed by atoms with Gasteiger partial charge in [-0.2, -0.15) is 0 Å². The van der Waals surface area contributed by atoms with Crippen molar-refractivity contribution < 1.29 is 33.6 Å². The molecule has 11 nitrogen and oxygen atoms in total. The van der Waals surface area contributed by atoms with Crippen LogP contribution in [0.5, 0.6) is 0 Å². The number of Topliss-reactive ketones (excluding diaryl/α,β-unsaturated/α-hetero) is 3. The number of unbranched alkanes of at least 4 members (excludes halogenated alkanes) is 6. The number of rotatable bonds is 31. The SMILES string of the molecule is CCC.CCCC(=O)CCCCC(=O)NCC(=O)NC(C)C(C)C.CCCCCCN(C=O)C(C)C(=O)NC(CCCCC)C(=O)C(=O)CCCC(C)c1ccccc1. The van der Waals surface area contributed by atoms with Crippen LogP contribution in [-0.2, 0) is 33.6 Å². The standard InChI is InChI=1S/C29H46N2O4.C16H30N2O3.C3H8/c1-5-7-9-14-21-31(22-32)24(4)29(35)30-26(19-11-8-6-2)28(34)27(33)20-15-16-23(3)25-17-12-10-13-18-25;1-5-8-14(19)9-6-7-10-15(20)17-11-16(21)18-13(4)12(2)3;1-3-2/h10,12-13,17-18,22-24,26H,5-9,11,14-16,19-21H2,1-4H3,(H,30,35);12-13H,5-11H2,1-4H3,(H,17,20)(H,18,21);3H2,1-2H3. The smallest absolute Gasteiger partial charge is 0.243 e. The molecule has 0 saturated carbocycles. The summed E-state index contributed by atoms with van der Waals surface area (Å²) in [6.45, 7) is 20.7. The maximum atomic E-state index is 13.0. The molecule has 0 heterocycles. The second kappa shape index (κ2) is 37.1. The molecule has 0 bridgehead atoms. The molecular weight excluding hydrogens is 745 g/mol. The van der Waals surface area contributed by atoms with Crippen LogP contribution < -0.4 is 16.0 Å². The van der Waals surface area contributed by atoms with Crippen molar-refractivity contribution in [2.45, 2.75) is 209 Å². The summed E-state index contributed by atoms with van der Waals surface area (Å²) in [5, 5.41) is 8.22. The van der Waals surface area contributed by atoms with E-state index in [1.165, 1.54) is 16.9 Å². The van der Waals surface area contributed by atoms with Crippen molar-refractivity contribution in [3.8, 4) is 0 Å². The zero-order valence-electron chi connectivity index (χ0n) is 38.8. The summed E-state index contributed by atoms with van der Waals surface area (Å²) in [7, 11) is 0. The van der Waals surface area contributed by atoms with Gasteiger partial charge in [-0.15, -0.1) is 0 Å². The van der Waals surface area contributed by atoms with Crippen molar-refractivity contribution in [1.82, 2.24) is 20.9 Å². The molecule has 338 valence electrons. The lowest BCUT2D eigenvalue weighted by molar-refractivity contribution is -0.140. The first-order valence-corrected chi connectivity index (χ1v) is 22.8. The maximum absolute atomic E-state index is 13.0. The first-order valence-electron chi connectivity index (χ1n) is 22.8. The number of ketones is 3. The molecule has 4 atom stereocenters. The second-order valence-corrected chi connectivity index (χ2v) is 16.2. The van der Waals surface area contributed by atoms with Crippen molar-refractivity contribution in [3.05, 3.63) is 35.9 Å². The minimum Gasteiger partial charge on any atom is -0.352 e. The van der Waals surface area contributed by atoms with Gasteiger partial charge in [0.15, 0.2) is 0 Å². The second-order valence-electron chi connectivity index (χ2n) is 16.2. The largest absolute Gasteiger partial charge is 0.352 e. The van der Waals surface area contributed by atoms with Gasteiger partial charge in [0.05, 0.1) is 12.6 Å². The number of nitrogens with zero attached hydrogens (tertiary/aromatic N) is 1. The van der Waals surface area contributed by atoms with Crippen LogP contribution in [0.25, 0.3) is 0 Å². The van der Waals surface area contributed by atoms with Gasteiger partial charge < -0.3 is 20.9 Å². The highest BCUT2D eigenvalue weighted by Crippen LogP contribution is 2.21. The molecule has 0 fully saturated rings. The van der Waals surface area contributed by atoms with Crippen LogP contribution in [0.2, 0.25) is 0 Å². The third-order valence-corrected chi connectivity index (χ3v) is 10.2. The van der Waals surface area contributed by atoms with Crippen LogP contribution in [-0.4, -0.2) is 77.6 Å². The highest BCUT2D eigenvalue weighted by molar-refractivity contribution is 6.39. The summed E-state index contributed by atoms with van der Waals surface area (Å²) in [5.74, 6) is -0.682. The number of carbonyl (C=O) groups excluding carboxylic acids is 7. The average molecular weight is 829 g/mol. The number of benzene rings is 1. The summed E-state index contributed by atoms with van der Waals surface area (Å²) in [6, 6.07) is 8.71. The van der Waals surface area contributed by atoms with Crippen molar-refractivity contribution in [2.75, 3.05) is 13.1 Å². The van der Waals surface area contributed by atoms with Crippen molar-refractivity contribution in [1.29, 1.82) is 0 Å². The van der Waals surface area contributed by atoms with Gasteiger partial charge in [-0.3, -0.25) is 33.6 Å². The maximum Gasteiger partial charge on any atom is 0.243 e. The summed E-state index contributed by atoms with van der Waals surface area (Å²) >= 11 is 0. The van der Waals surface area contributed by atoms with E-state index >= 15 is 0 Å². The first kappa shape index (κ1) is 57.2. The predicted octanol–water partition coefficient (Wildman–Crippen LogP) is 9.20. The highest BCUT2D eigenvalue weighted by atomic mass is 16.2. The zero-order chi connectivity index (χ0) is 45.0. The Morgan fingerprint density at radius 1 is 0.644 bits per heavy atom. The Morgan fingerprint density at radius 3 is 1.83 bits per heavy atom. The number of carbonyl (C=O) groups is 7. The molecular formula is C48H84N4O7.